The fraction of sp³-hybridized carbons (Fsp3) is 0.125. The molecule has 0 fully saturated rings. The fourth-order valence-electron chi connectivity index (χ4n) is 0.771. The van der Waals surface area contributed by atoms with Crippen molar-refractivity contribution in [3.05, 3.63) is 29.8 Å². The van der Waals surface area contributed by atoms with E-state index < -0.39 is 5.97 Å². The molecule has 0 spiro atoms. The molecule has 0 radical (unpaired) electrons. The van der Waals surface area contributed by atoms with Crippen molar-refractivity contribution >= 4 is 11.7 Å². The first-order chi connectivity index (χ1) is 5.79. The predicted octanol–water partition coefficient (Wildman–Crippen LogP) is 1.06. The molecule has 0 saturated heterocycles. The Hall–Kier alpha value is -1.51. The molecule has 0 aliphatic heterocycles. The van der Waals surface area contributed by atoms with Crippen LogP contribution in [0.3, 0.4) is 0 Å². The summed E-state index contributed by atoms with van der Waals surface area (Å²) < 4.78 is 11.4. The maximum Gasteiger partial charge on any atom is 0.339 e. The van der Waals surface area contributed by atoms with Gasteiger partial charge in [-0.1, -0.05) is 12.1 Å². The largest absolute Gasteiger partial charge is 0.465 e. The van der Waals surface area contributed by atoms with Crippen LogP contribution in [0.15, 0.2) is 24.3 Å². The molecule has 11 heavy (non-hydrogen) atoms. The number of nitrogen functional groups attached to an aromatic ring is 1. The molecule has 1 aromatic carbocycles. The minimum Gasteiger partial charge on any atom is -0.465 e. The van der Waals surface area contributed by atoms with E-state index >= 15 is 0 Å². The highest BCUT2D eigenvalue weighted by molar-refractivity contribution is 5.94. The van der Waals surface area contributed by atoms with Crippen molar-refractivity contribution < 1.29 is 10.9 Å². The van der Waals surface area contributed by atoms with Gasteiger partial charge in [-0.2, -0.15) is 0 Å². The van der Waals surface area contributed by atoms with Crippen LogP contribution in [0.5, 0.6) is 0 Å². The molecule has 58 valence electrons. The highest BCUT2D eigenvalue weighted by Gasteiger charge is 2.06. The van der Waals surface area contributed by atoms with Gasteiger partial charge in [0, 0.05) is 5.69 Å². The van der Waals surface area contributed by atoms with Gasteiger partial charge in [0.05, 0.1) is 12.7 Å². The Labute approximate surface area is 66.2 Å². The summed E-state index contributed by atoms with van der Waals surface area (Å²) in [7, 11) is 1.31. The van der Waals surface area contributed by atoms with Gasteiger partial charge in [0.25, 0.3) is 0 Å². The van der Waals surface area contributed by atoms with E-state index in [4.69, 9.17) is 1.41 Å². The molecule has 0 saturated carbocycles. The summed E-state index contributed by atoms with van der Waals surface area (Å²) in [5.74, 6) is -0.439. The maximum atomic E-state index is 11.0. The summed E-state index contributed by atoms with van der Waals surface area (Å²) in [4.78, 5) is 11.0. The number of para-hydroxylation sites is 1. The van der Waals surface area contributed by atoms with Gasteiger partial charge >= 0.3 is 5.97 Å². The van der Waals surface area contributed by atoms with Gasteiger partial charge in [0.2, 0.25) is 0 Å². The molecule has 0 aliphatic carbocycles. The first-order valence-electron chi connectivity index (χ1n) is 3.64. The average molecular weight is 152 g/mol. The normalized spacial score (nSPS) is 10.1. The molecule has 1 aromatic rings. The fourth-order valence-corrected chi connectivity index (χ4v) is 0.771. The van der Waals surface area contributed by atoms with E-state index in [1.165, 1.54) is 7.11 Å². The van der Waals surface area contributed by atoms with Gasteiger partial charge in [-0.15, -0.1) is 0 Å². The topological polar surface area (TPSA) is 52.3 Å². The number of ether oxygens (including phenoxy) is 1. The van der Waals surface area contributed by atoms with Gasteiger partial charge < -0.3 is 10.5 Å². The average Bonchev–Trinajstić information content (AvgIpc) is 2.16. The van der Waals surface area contributed by atoms with Crippen molar-refractivity contribution in [1.82, 2.24) is 0 Å². The van der Waals surface area contributed by atoms with Gasteiger partial charge in [0.1, 0.15) is 0 Å². The first-order valence-corrected chi connectivity index (χ1v) is 3.14. The van der Waals surface area contributed by atoms with Crippen LogP contribution in [0.25, 0.3) is 0 Å². The van der Waals surface area contributed by atoms with E-state index in [1.54, 1.807) is 24.3 Å². The van der Waals surface area contributed by atoms with E-state index in [-0.39, 0.29) is 0 Å². The Kier molecular flexibility index (Phi) is 1.73. The maximum absolute atomic E-state index is 11.0. The Bertz CT molecular complexity index is 288. The van der Waals surface area contributed by atoms with Crippen molar-refractivity contribution in [2.45, 2.75) is 0 Å². The second kappa shape index (κ2) is 3.05. The Balaban J connectivity index is 3.04. The standard InChI is InChI=1S/C8H9NO2/c1-11-8(10)6-4-2-3-5-7(6)9/h2-5H,9H2,1H3/i/hD. The smallest absolute Gasteiger partial charge is 0.339 e. The van der Waals surface area contributed by atoms with Gasteiger partial charge in [-0.25, -0.2) is 4.79 Å². The minimum absolute atomic E-state index is 0.370. The van der Waals surface area contributed by atoms with Crippen LogP contribution in [0.1, 0.15) is 10.4 Å². The number of methoxy groups -OCH3 is 1. The predicted molar refractivity (Wildman–Crippen MR) is 42.2 cm³/mol. The number of esters is 1. The summed E-state index contributed by atoms with van der Waals surface area (Å²) in [6.45, 7) is 0. The van der Waals surface area contributed by atoms with Gasteiger partial charge in [-0.3, -0.25) is 0 Å². The van der Waals surface area contributed by atoms with Crippen LogP contribution in [0.4, 0.5) is 5.69 Å². The van der Waals surface area contributed by atoms with Gasteiger partial charge in [0.15, 0.2) is 1.41 Å². The van der Waals surface area contributed by atoms with Crippen molar-refractivity contribution in [1.29, 1.82) is 0 Å². The van der Waals surface area contributed by atoms with Crippen LogP contribution in [-0.2, 0) is 4.74 Å². The molecule has 0 aliphatic rings. The molecule has 3 nitrogen and oxygen atoms in total. The van der Waals surface area contributed by atoms with E-state index in [0.717, 1.165) is 0 Å². The zero-order valence-corrected chi connectivity index (χ0v) is 6.13. The van der Waals surface area contributed by atoms with Crippen LogP contribution >= 0.6 is 0 Å². The number of carbonyl (C=O) groups is 1. The van der Waals surface area contributed by atoms with E-state index in [2.05, 4.69) is 10.5 Å². The minimum atomic E-state index is -0.439. The van der Waals surface area contributed by atoms with E-state index in [1.807, 2.05) is 0 Å². The summed E-state index contributed by atoms with van der Waals surface area (Å²) in [5, 5.41) is 0. The van der Waals surface area contributed by atoms with Crippen molar-refractivity contribution in [2.24, 2.45) is 0 Å². The summed E-state index contributed by atoms with van der Waals surface area (Å²) >= 11 is 0. The van der Waals surface area contributed by atoms with Crippen LogP contribution < -0.4 is 5.73 Å². The lowest BCUT2D eigenvalue weighted by atomic mass is 10.2. The van der Waals surface area contributed by atoms with Gasteiger partial charge in [-0.05, 0) is 12.1 Å². The van der Waals surface area contributed by atoms with E-state index in [0.29, 0.717) is 11.3 Å². The zero-order chi connectivity index (χ0) is 8.97. The monoisotopic (exact) mass is 152 g/mol. The Morgan fingerprint density at radius 3 is 3.00 bits per heavy atom. The number of hydrogen-bond acceptors (Lipinski definition) is 3. The van der Waals surface area contributed by atoms with Crippen LogP contribution in [0.2, 0.25) is 1.41 Å². The lowest BCUT2D eigenvalue weighted by Crippen LogP contribution is -2.04. The number of anilines is 1. The molecule has 0 unspecified atom stereocenters. The third kappa shape index (κ3) is 1.49. The molecule has 0 amide bonds. The number of carbonyl (C=O) groups excluding carboxylic acids is 1. The molecule has 3 heteroatoms. The molecule has 0 bridgehead atoms. The van der Waals surface area contributed by atoms with Crippen LogP contribution in [0, 0.1) is 0 Å². The second-order valence-corrected chi connectivity index (χ2v) is 2.04. The number of benzene rings is 1. The molecule has 0 atom stereocenters. The Morgan fingerprint density at radius 2 is 2.36 bits per heavy atom. The molecule has 2 N–H and O–H groups in total. The lowest BCUT2D eigenvalue weighted by Gasteiger charge is -2.00. The highest BCUT2D eigenvalue weighted by Crippen LogP contribution is 2.10. The first kappa shape index (κ1) is 6.22. The number of rotatable bonds is 2. The quantitative estimate of drug-likeness (QED) is 0.509. The molecular weight excluding hydrogens is 142 g/mol. The van der Waals surface area contributed by atoms with Crippen LogP contribution in [-0.4, -0.2) is 13.1 Å². The second-order valence-electron chi connectivity index (χ2n) is 2.04. The van der Waals surface area contributed by atoms with Crippen molar-refractivity contribution in [3.8, 4) is 0 Å². The molecule has 0 heterocycles. The zero-order valence-electron chi connectivity index (χ0n) is 7.13. The Morgan fingerprint density at radius 1 is 1.64 bits per heavy atom. The summed E-state index contributed by atoms with van der Waals surface area (Å²) in [5.41, 5.74) is 2.98. The molecular formula is C8H9NO2. The molecule has 0 aromatic heterocycles. The SMILES string of the molecule is [2H]Nc1ccccc1C(=O)OC. The van der Waals surface area contributed by atoms with E-state index in [9.17, 15) is 4.79 Å². The number of hydrogen-bond donors (Lipinski definition) is 1. The number of nitrogens with two attached hydrogens (primary N) is 1. The highest BCUT2D eigenvalue weighted by atomic mass is 16.5. The van der Waals surface area contributed by atoms with Crippen molar-refractivity contribution in [3.63, 3.8) is 0 Å². The summed E-state index contributed by atoms with van der Waals surface area (Å²) in [6, 6.07) is 6.69. The molecule has 1 rings (SSSR count). The third-order valence-corrected chi connectivity index (χ3v) is 1.33. The third-order valence-electron chi connectivity index (χ3n) is 1.33. The van der Waals surface area contributed by atoms with Crippen molar-refractivity contribution in [2.75, 3.05) is 12.8 Å². The summed E-state index contributed by atoms with van der Waals surface area (Å²) in [6.07, 6.45) is 0. The lowest BCUT2D eigenvalue weighted by molar-refractivity contribution is 0.0602.